The van der Waals surface area contributed by atoms with Crippen LogP contribution in [0.25, 0.3) is 10.2 Å². The number of thiophene rings is 1. The second kappa shape index (κ2) is 4.42. The highest BCUT2D eigenvalue weighted by Gasteiger charge is 2.11. The van der Waals surface area contributed by atoms with Gasteiger partial charge in [-0.05, 0) is 31.5 Å². The summed E-state index contributed by atoms with van der Waals surface area (Å²) in [5.74, 6) is 1.77. The zero-order valence-corrected chi connectivity index (χ0v) is 11.0. The van der Waals surface area contributed by atoms with Crippen LogP contribution in [0, 0.1) is 13.8 Å². The van der Waals surface area contributed by atoms with Crippen molar-refractivity contribution >= 4 is 27.4 Å². The van der Waals surface area contributed by atoms with E-state index in [9.17, 15) is 0 Å². The predicted octanol–water partition coefficient (Wildman–Crippen LogP) is 3.51. The number of nitrogens with one attached hydrogen (secondary N) is 1. The van der Waals surface area contributed by atoms with Gasteiger partial charge in [-0.1, -0.05) is 0 Å². The molecule has 0 aliphatic heterocycles. The van der Waals surface area contributed by atoms with Gasteiger partial charge in [0.2, 0.25) is 0 Å². The van der Waals surface area contributed by atoms with Crippen molar-refractivity contribution in [2.24, 2.45) is 0 Å². The van der Waals surface area contributed by atoms with Crippen molar-refractivity contribution in [3.8, 4) is 0 Å². The second-order valence-corrected chi connectivity index (χ2v) is 5.32. The average molecular weight is 259 g/mol. The second-order valence-electron chi connectivity index (χ2n) is 4.12. The molecule has 0 saturated heterocycles. The Hall–Kier alpha value is -1.88. The summed E-state index contributed by atoms with van der Waals surface area (Å²) in [4.78, 5) is 10.9. The van der Waals surface area contributed by atoms with Crippen LogP contribution in [0.1, 0.15) is 16.2 Å². The fourth-order valence-electron chi connectivity index (χ4n) is 1.90. The van der Waals surface area contributed by atoms with Crippen LogP contribution < -0.4 is 5.32 Å². The summed E-state index contributed by atoms with van der Waals surface area (Å²) in [7, 11) is 0. The SMILES string of the molecule is Cc1sc2ncnc(NCc3ccco3)c2c1C. The van der Waals surface area contributed by atoms with Gasteiger partial charge in [0.05, 0.1) is 18.2 Å². The van der Waals surface area contributed by atoms with Crippen molar-refractivity contribution in [2.75, 3.05) is 5.32 Å². The molecule has 3 rings (SSSR count). The maximum absolute atomic E-state index is 5.30. The molecule has 0 aromatic carbocycles. The van der Waals surface area contributed by atoms with Gasteiger partial charge in [-0.2, -0.15) is 0 Å². The van der Waals surface area contributed by atoms with Gasteiger partial charge in [-0.3, -0.25) is 0 Å². The predicted molar refractivity (Wildman–Crippen MR) is 72.9 cm³/mol. The molecule has 3 heterocycles. The first-order valence-corrected chi connectivity index (χ1v) is 6.54. The van der Waals surface area contributed by atoms with Gasteiger partial charge >= 0.3 is 0 Å². The number of anilines is 1. The highest BCUT2D eigenvalue weighted by atomic mass is 32.1. The lowest BCUT2D eigenvalue weighted by molar-refractivity contribution is 0.518. The van der Waals surface area contributed by atoms with Gasteiger partial charge in [0.15, 0.2) is 0 Å². The van der Waals surface area contributed by atoms with Gasteiger partial charge in [-0.25, -0.2) is 9.97 Å². The molecule has 0 radical (unpaired) electrons. The Morgan fingerprint density at radius 1 is 1.33 bits per heavy atom. The molecule has 0 fully saturated rings. The quantitative estimate of drug-likeness (QED) is 0.782. The molecule has 0 bridgehead atoms. The Morgan fingerprint density at radius 2 is 2.22 bits per heavy atom. The van der Waals surface area contributed by atoms with Crippen molar-refractivity contribution in [3.05, 3.63) is 40.9 Å². The summed E-state index contributed by atoms with van der Waals surface area (Å²) < 4.78 is 5.30. The number of fused-ring (bicyclic) bond motifs is 1. The summed E-state index contributed by atoms with van der Waals surface area (Å²) in [5, 5.41) is 4.42. The van der Waals surface area contributed by atoms with Crippen molar-refractivity contribution in [1.29, 1.82) is 0 Å². The van der Waals surface area contributed by atoms with E-state index in [1.54, 1.807) is 23.9 Å². The van der Waals surface area contributed by atoms with Crippen LogP contribution in [0.2, 0.25) is 0 Å². The molecule has 0 aliphatic carbocycles. The fourth-order valence-corrected chi connectivity index (χ4v) is 2.90. The third-order valence-electron chi connectivity index (χ3n) is 2.98. The number of furan rings is 1. The lowest BCUT2D eigenvalue weighted by atomic mass is 10.2. The van der Waals surface area contributed by atoms with Gasteiger partial charge in [0, 0.05) is 4.88 Å². The van der Waals surface area contributed by atoms with Gasteiger partial charge < -0.3 is 9.73 Å². The normalized spacial score (nSPS) is 11.0. The molecular weight excluding hydrogens is 246 g/mol. The van der Waals surface area contributed by atoms with Crippen LogP contribution >= 0.6 is 11.3 Å². The molecule has 0 amide bonds. The first-order chi connectivity index (χ1) is 8.75. The lowest BCUT2D eigenvalue weighted by Crippen LogP contribution is -2.01. The van der Waals surface area contributed by atoms with Crippen molar-refractivity contribution in [2.45, 2.75) is 20.4 Å². The van der Waals surface area contributed by atoms with E-state index in [2.05, 4.69) is 29.1 Å². The lowest BCUT2D eigenvalue weighted by Gasteiger charge is -2.05. The molecule has 0 atom stereocenters. The molecule has 0 saturated carbocycles. The zero-order valence-electron chi connectivity index (χ0n) is 10.2. The minimum Gasteiger partial charge on any atom is -0.467 e. The number of hydrogen-bond acceptors (Lipinski definition) is 5. The van der Waals surface area contributed by atoms with E-state index in [4.69, 9.17) is 4.42 Å². The van der Waals surface area contributed by atoms with Crippen LogP contribution in [0.4, 0.5) is 5.82 Å². The van der Waals surface area contributed by atoms with Crippen LogP contribution in [0.15, 0.2) is 29.1 Å². The molecule has 5 heteroatoms. The smallest absolute Gasteiger partial charge is 0.138 e. The Kier molecular flexibility index (Phi) is 2.76. The minimum atomic E-state index is 0.632. The number of rotatable bonds is 3. The number of hydrogen-bond donors (Lipinski definition) is 1. The Balaban J connectivity index is 1.96. The van der Waals surface area contributed by atoms with Crippen LogP contribution in [-0.4, -0.2) is 9.97 Å². The molecule has 1 N–H and O–H groups in total. The number of aryl methyl sites for hydroxylation is 2. The van der Waals surface area contributed by atoms with Gasteiger partial charge in [-0.15, -0.1) is 11.3 Å². The van der Waals surface area contributed by atoms with Gasteiger partial charge in [0.1, 0.15) is 22.7 Å². The first-order valence-electron chi connectivity index (χ1n) is 5.72. The first kappa shape index (κ1) is 11.2. The van der Waals surface area contributed by atoms with Gasteiger partial charge in [0.25, 0.3) is 0 Å². The Bertz CT molecular complexity index is 673. The summed E-state index contributed by atoms with van der Waals surface area (Å²) in [6, 6.07) is 3.82. The molecule has 0 aliphatic rings. The van der Waals surface area contributed by atoms with Crippen molar-refractivity contribution in [3.63, 3.8) is 0 Å². The highest BCUT2D eigenvalue weighted by molar-refractivity contribution is 7.18. The topological polar surface area (TPSA) is 51.0 Å². The van der Waals surface area contributed by atoms with Crippen molar-refractivity contribution < 1.29 is 4.42 Å². The van der Waals surface area contributed by atoms with E-state index in [0.29, 0.717) is 6.54 Å². The van der Waals surface area contributed by atoms with E-state index in [-0.39, 0.29) is 0 Å². The maximum atomic E-state index is 5.30. The number of aromatic nitrogens is 2. The van der Waals surface area contributed by atoms with E-state index < -0.39 is 0 Å². The molecule has 18 heavy (non-hydrogen) atoms. The highest BCUT2D eigenvalue weighted by Crippen LogP contribution is 2.32. The van der Waals surface area contributed by atoms with E-state index in [0.717, 1.165) is 21.8 Å². The molecule has 3 aromatic rings. The van der Waals surface area contributed by atoms with E-state index >= 15 is 0 Å². The monoisotopic (exact) mass is 259 g/mol. The average Bonchev–Trinajstić information content (AvgIpc) is 2.97. The Labute approximate surface area is 109 Å². The fraction of sp³-hybridized carbons (Fsp3) is 0.231. The summed E-state index contributed by atoms with van der Waals surface area (Å²) in [6.07, 6.45) is 3.27. The molecular formula is C13H13N3OS. The zero-order chi connectivity index (χ0) is 12.5. The standard InChI is InChI=1S/C13H13N3OS/c1-8-9(2)18-13-11(8)12(15-7-16-13)14-6-10-4-3-5-17-10/h3-5,7H,6H2,1-2H3,(H,14,15,16). The molecule has 4 nitrogen and oxygen atoms in total. The molecule has 0 unspecified atom stereocenters. The van der Waals surface area contributed by atoms with Crippen molar-refractivity contribution in [1.82, 2.24) is 9.97 Å². The summed E-state index contributed by atoms with van der Waals surface area (Å²) >= 11 is 1.70. The molecule has 92 valence electrons. The maximum Gasteiger partial charge on any atom is 0.138 e. The summed E-state index contributed by atoms with van der Waals surface area (Å²) in [6.45, 7) is 4.85. The Morgan fingerprint density at radius 3 is 3.00 bits per heavy atom. The van der Waals surface area contributed by atoms with Crippen LogP contribution in [-0.2, 0) is 6.54 Å². The molecule has 3 aromatic heterocycles. The van der Waals surface area contributed by atoms with E-state index in [1.165, 1.54) is 10.4 Å². The van der Waals surface area contributed by atoms with Crippen LogP contribution in [0.3, 0.4) is 0 Å². The summed E-state index contributed by atoms with van der Waals surface area (Å²) in [5.41, 5.74) is 1.25. The van der Waals surface area contributed by atoms with E-state index in [1.807, 2.05) is 12.1 Å². The third-order valence-corrected chi connectivity index (χ3v) is 4.09. The largest absolute Gasteiger partial charge is 0.467 e. The number of nitrogens with zero attached hydrogens (tertiary/aromatic N) is 2. The van der Waals surface area contributed by atoms with Crippen LogP contribution in [0.5, 0.6) is 0 Å². The minimum absolute atomic E-state index is 0.632. The molecule has 0 spiro atoms. The third kappa shape index (κ3) is 1.86.